The van der Waals surface area contributed by atoms with Gasteiger partial charge in [-0.15, -0.1) is 0 Å². The van der Waals surface area contributed by atoms with E-state index in [9.17, 15) is 9.18 Å². The summed E-state index contributed by atoms with van der Waals surface area (Å²) in [6.07, 6.45) is 0.846. The Morgan fingerprint density at radius 3 is 2.62 bits per heavy atom. The third-order valence-electron chi connectivity index (χ3n) is 4.22. The summed E-state index contributed by atoms with van der Waals surface area (Å²) < 4.78 is 15.2. The predicted molar refractivity (Wildman–Crippen MR) is 100 cm³/mol. The molecule has 0 fully saturated rings. The first kappa shape index (κ1) is 17.9. The van der Waals surface area contributed by atoms with Crippen molar-refractivity contribution in [3.63, 3.8) is 0 Å². The van der Waals surface area contributed by atoms with Crippen molar-refractivity contribution in [2.24, 2.45) is 0 Å². The Morgan fingerprint density at radius 1 is 1.15 bits per heavy atom. The van der Waals surface area contributed by atoms with Crippen LogP contribution in [0.1, 0.15) is 42.4 Å². The van der Waals surface area contributed by atoms with E-state index in [2.05, 4.69) is 10.4 Å². The Labute approximate surface area is 152 Å². The molecule has 5 heteroatoms. The van der Waals surface area contributed by atoms with Gasteiger partial charge in [-0.05, 0) is 37.1 Å². The second-order valence-corrected chi connectivity index (χ2v) is 6.25. The van der Waals surface area contributed by atoms with E-state index in [0.29, 0.717) is 23.5 Å². The molecule has 0 aliphatic carbocycles. The molecule has 1 N–H and O–H groups in total. The lowest BCUT2D eigenvalue weighted by atomic mass is 10.1. The quantitative estimate of drug-likeness (QED) is 0.706. The first-order valence-electron chi connectivity index (χ1n) is 8.78. The zero-order valence-electron chi connectivity index (χ0n) is 14.9. The van der Waals surface area contributed by atoms with E-state index in [-0.39, 0.29) is 17.8 Å². The van der Waals surface area contributed by atoms with Crippen LogP contribution in [0.3, 0.4) is 0 Å². The van der Waals surface area contributed by atoms with E-state index in [4.69, 9.17) is 0 Å². The number of carbonyl (C=O) groups is 1. The van der Waals surface area contributed by atoms with E-state index in [1.54, 1.807) is 22.9 Å². The van der Waals surface area contributed by atoms with Gasteiger partial charge >= 0.3 is 0 Å². The van der Waals surface area contributed by atoms with Gasteiger partial charge in [0.1, 0.15) is 11.5 Å². The summed E-state index contributed by atoms with van der Waals surface area (Å²) in [7, 11) is 0. The number of benzene rings is 2. The number of hydrogen-bond acceptors (Lipinski definition) is 2. The third-order valence-corrected chi connectivity index (χ3v) is 4.22. The van der Waals surface area contributed by atoms with E-state index in [0.717, 1.165) is 12.0 Å². The van der Waals surface area contributed by atoms with Gasteiger partial charge < -0.3 is 5.32 Å². The number of halogens is 1. The van der Waals surface area contributed by atoms with Gasteiger partial charge in [0, 0.05) is 12.1 Å². The third kappa shape index (κ3) is 3.99. The van der Waals surface area contributed by atoms with Crippen molar-refractivity contribution in [1.82, 2.24) is 15.1 Å². The van der Waals surface area contributed by atoms with Crippen LogP contribution < -0.4 is 5.32 Å². The van der Waals surface area contributed by atoms with Crippen molar-refractivity contribution in [1.29, 1.82) is 0 Å². The molecule has 1 amide bonds. The Morgan fingerprint density at radius 2 is 1.92 bits per heavy atom. The lowest BCUT2D eigenvalue weighted by Gasteiger charge is -2.14. The minimum absolute atomic E-state index is 0.119. The Hall–Kier alpha value is -2.95. The maximum Gasteiger partial charge on any atom is 0.270 e. The second-order valence-electron chi connectivity index (χ2n) is 6.25. The summed E-state index contributed by atoms with van der Waals surface area (Å²) in [6, 6.07) is 17.6. The molecule has 0 aliphatic heterocycles. The Balaban J connectivity index is 1.87. The molecule has 0 spiro atoms. The molecule has 1 heterocycles. The number of hydrogen-bond donors (Lipinski definition) is 1. The number of aryl methyl sites for hydroxylation is 1. The molecule has 26 heavy (non-hydrogen) atoms. The van der Waals surface area contributed by atoms with Crippen molar-refractivity contribution in [2.75, 3.05) is 0 Å². The minimum atomic E-state index is -0.323. The van der Waals surface area contributed by atoms with E-state index in [1.807, 2.05) is 44.2 Å². The number of carbonyl (C=O) groups excluding carboxylic acids is 1. The van der Waals surface area contributed by atoms with Gasteiger partial charge in [0.05, 0.1) is 11.7 Å². The van der Waals surface area contributed by atoms with Crippen LogP contribution in [0.15, 0.2) is 60.7 Å². The highest BCUT2D eigenvalue weighted by Gasteiger charge is 2.18. The normalized spacial score (nSPS) is 12.0. The summed E-state index contributed by atoms with van der Waals surface area (Å²) in [5.74, 6) is -0.513. The lowest BCUT2D eigenvalue weighted by molar-refractivity contribution is 0.0928. The monoisotopic (exact) mass is 351 g/mol. The molecule has 0 bridgehead atoms. The fourth-order valence-corrected chi connectivity index (χ4v) is 2.87. The van der Waals surface area contributed by atoms with Gasteiger partial charge in [-0.1, -0.05) is 49.4 Å². The Kier molecular flexibility index (Phi) is 5.46. The van der Waals surface area contributed by atoms with Crippen LogP contribution >= 0.6 is 0 Å². The summed E-state index contributed by atoms with van der Waals surface area (Å²) in [5, 5.41) is 7.52. The van der Waals surface area contributed by atoms with E-state index >= 15 is 0 Å². The highest BCUT2D eigenvalue weighted by molar-refractivity contribution is 5.94. The summed E-state index contributed by atoms with van der Waals surface area (Å²) >= 11 is 0. The smallest absolute Gasteiger partial charge is 0.270 e. The van der Waals surface area contributed by atoms with Crippen LogP contribution in [0.2, 0.25) is 0 Å². The average molecular weight is 351 g/mol. The molecule has 1 atom stereocenters. The topological polar surface area (TPSA) is 46.9 Å². The summed E-state index contributed by atoms with van der Waals surface area (Å²) in [5.41, 5.74) is 2.77. The van der Waals surface area contributed by atoms with Crippen molar-refractivity contribution in [3.05, 3.63) is 77.7 Å². The molecule has 0 radical (unpaired) electrons. The molecule has 1 aromatic heterocycles. The van der Waals surface area contributed by atoms with Crippen LogP contribution in [0.25, 0.3) is 11.3 Å². The molecule has 1 unspecified atom stereocenters. The SMILES string of the molecule is CCCn1nc(-c2cccc(F)c2)cc1C(=O)NC(C)c1ccccc1. The predicted octanol–water partition coefficient (Wildman–Crippen LogP) is 4.59. The zero-order chi connectivity index (χ0) is 18.5. The highest BCUT2D eigenvalue weighted by atomic mass is 19.1. The maximum absolute atomic E-state index is 13.5. The largest absolute Gasteiger partial charge is 0.344 e. The molecular weight excluding hydrogens is 329 g/mol. The molecule has 0 saturated heterocycles. The number of rotatable bonds is 6. The molecule has 4 nitrogen and oxygen atoms in total. The van der Waals surface area contributed by atoms with Crippen LogP contribution in [0, 0.1) is 5.82 Å². The average Bonchev–Trinajstić information content (AvgIpc) is 3.07. The Bertz CT molecular complexity index is 889. The number of amides is 1. The van der Waals surface area contributed by atoms with Gasteiger partial charge in [-0.3, -0.25) is 9.48 Å². The molecule has 3 aromatic rings. The molecule has 0 aliphatic rings. The minimum Gasteiger partial charge on any atom is -0.344 e. The number of aromatic nitrogens is 2. The zero-order valence-corrected chi connectivity index (χ0v) is 14.9. The standard InChI is InChI=1S/C21H22FN3O/c1-3-12-25-20(14-19(24-25)17-10-7-11-18(22)13-17)21(26)23-15(2)16-8-5-4-6-9-16/h4-11,13-15H,3,12H2,1-2H3,(H,23,26). The highest BCUT2D eigenvalue weighted by Crippen LogP contribution is 2.21. The van der Waals surface area contributed by atoms with Gasteiger partial charge in [-0.2, -0.15) is 5.10 Å². The number of nitrogens with one attached hydrogen (secondary N) is 1. The van der Waals surface area contributed by atoms with Crippen molar-refractivity contribution in [2.45, 2.75) is 32.9 Å². The number of nitrogens with zero attached hydrogens (tertiary/aromatic N) is 2. The summed E-state index contributed by atoms with van der Waals surface area (Å²) in [4.78, 5) is 12.8. The first-order chi connectivity index (χ1) is 12.6. The van der Waals surface area contributed by atoms with Crippen molar-refractivity contribution in [3.8, 4) is 11.3 Å². The molecule has 3 rings (SSSR count). The van der Waals surface area contributed by atoms with Crippen molar-refractivity contribution >= 4 is 5.91 Å². The van der Waals surface area contributed by atoms with Gasteiger partial charge in [0.2, 0.25) is 0 Å². The van der Waals surface area contributed by atoms with Crippen LogP contribution in [-0.4, -0.2) is 15.7 Å². The van der Waals surface area contributed by atoms with Crippen LogP contribution in [0.4, 0.5) is 4.39 Å². The second kappa shape index (κ2) is 7.95. The van der Waals surface area contributed by atoms with Gasteiger partial charge in [0.25, 0.3) is 5.91 Å². The fourth-order valence-electron chi connectivity index (χ4n) is 2.87. The molecule has 0 saturated carbocycles. The lowest BCUT2D eigenvalue weighted by Crippen LogP contribution is -2.28. The first-order valence-corrected chi connectivity index (χ1v) is 8.78. The van der Waals surface area contributed by atoms with E-state index < -0.39 is 0 Å². The fraction of sp³-hybridized carbons (Fsp3) is 0.238. The van der Waals surface area contributed by atoms with Crippen LogP contribution in [-0.2, 0) is 6.54 Å². The summed E-state index contributed by atoms with van der Waals surface area (Å²) in [6.45, 7) is 4.59. The molecule has 2 aromatic carbocycles. The maximum atomic E-state index is 13.5. The molecule has 134 valence electrons. The molecular formula is C21H22FN3O. The van der Waals surface area contributed by atoms with Gasteiger partial charge in [0.15, 0.2) is 0 Å². The van der Waals surface area contributed by atoms with Crippen molar-refractivity contribution < 1.29 is 9.18 Å². The van der Waals surface area contributed by atoms with E-state index in [1.165, 1.54) is 12.1 Å². The van der Waals surface area contributed by atoms with Crippen LogP contribution in [0.5, 0.6) is 0 Å². The van der Waals surface area contributed by atoms with Gasteiger partial charge in [-0.25, -0.2) is 4.39 Å².